The Balaban J connectivity index is 1.94. The van der Waals surface area contributed by atoms with Gasteiger partial charge in [-0.2, -0.15) is 0 Å². The van der Waals surface area contributed by atoms with Crippen molar-refractivity contribution in [2.24, 2.45) is 5.92 Å². The van der Waals surface area contributed by atoms with Crippen molar-refractivity contribution in [3.63, 3.8) is 0 Å². The van der Waals surface area contributed by atoms with E-state index in [0.29, 0.717) is 5.92 Å². The van der Waals surface area contributed by atoms with E-state index in [1.165, 1.54) is 37.7 Å². The highest BCUT2D eigenvalue weighted by Gasteiger charge is 2.22. The van der Waals surface area contributed by atoms with E-state index in [0.717, 1.165) is 18.3 Å². The number of rotatable bonds is 4. The summed E-state index contributed by atoms with van der Waals surface area (Å²) in [6, 6.07) is 0. The molecule has 0 spiro atoms. The Kier molecular flexibility index (Phi) is 4.49. The van der Waals surface area contributed by atoms with Crippen LogP contribution >= 0.6 is 0 Å². The van der Waals surface area contributed by atoms with Crippen LogP contribution in [0.2, 0.25) is 0 Å². The van der Waals surface area contributed by atoms with E-state index in [2.05, 4.69) is 22.2 Å². The van der Waals surface area contributed by atoms with Crippen molar-refractivity contribution in [3.8, 4) is 0 Å². The zero-order valence-corrected chi connectivity index (χ0v) is 10.9. The van der Waals surface area contributed by atoms with Gasteiger partial charge in [0, 0.05) is 30.4 Å². The van der Waals surface area contributed by atoms with E-state index in [1.54, 1.807) is 0 Å². The minimum Gasteiger partial charge on any atom is -0.316 e. The SMILES string of the molecule is CCC1CCC(c2ncc(CNC)cn2)CC1. The molecule has 0 aromatic carbocycles. The van der Waals surface area contributed by atoms with E-state index in [-0.39, 0.29) is 0 Å². The quantitative estimate of drug-likeness (QED) is 0.869. The highest BCUT2D eigenvalue weighted by Crippen LogP contribution is 2.35. The summed E-state index contributed by atoms with van der Waals surface area (Å²) in [5.41, 5.74) is 1.17. The molecular weight excluding hydrogens is 210 g/mol. The minimum absolute atomic E-state index is 0.599. The van der Waals surface area contributed by atoms with Crippen LogP contribution in [-0.4, -0.2) is 17.0 Å². The number of hydrogen-bond acceptors (Lipinski definition) is 3. The lowest BCUT2D eigenvalue weighted by molar-refractivity contribution is 0.312. The Morgan fingerprint density at radius 3 is 2.35 bits per heavy atom. The van der Waals surface area contributed by atoms with Crippen molar-refractivity contribution in [2.75, 3.05) is 7.05 Å². The summed E-state index contributed by atoms with van der Waals surface area (Å²) in [5.74, 6) is 2.59. The van der Waals surface area contributed by atoms with Gasteiger partial charge < -0.3 is 5.32 Å². The molecule has 1 aromatic heterocycles. The summed E-state index contributed by atoms with van der Waals surface area (Å²) in [6.07, 6.45) is 10.5. The second-order valence-corrected chi connectivity index (χ2v) is 5.11. The van der Waals surface area contributed by atoms with Crippen molar-refractivity contribution in [1.29, 1.82) is 0 Å². The second-order valence-electron chi connectivity index (χ2n) is 5.11. The topological polar surface area (TPSA) is 37.8 Å². The summed E-state index contributed by atoms with van der Waals surface area (Å²) < 4.78 is 0. The highest BCUT2D eigenvalue weighted by atomic mass is 14.9. The van der Waals surface area contributed by atoms with Gasteiger partial charge in [-0.15, -0.1) is 0 Å². The third-order valence-corrected chi connectivity index (χ3v) is 3.90. The van der Waals surface area contributed by atoms with Crippen molar-refractivity contribution < 1.29 is 0 Å². The molecule has 1 aliphatic carbocycles. The average Bonchev–Trinajstić information content (AvgIpc) is 2.40. The molecule has 0 aliphatic heterocycles. The van der Waals surface area contributed by atoms with Crippen molar-refractivity contribution in [3.05, 3.63) is 23.8 Å². The molecular formula is C14H23N3. The lowest BCUT2D eigenvalue weighted by Gasteiger charge is -2.26. The first-order chi connectivity index (χ1) is 8.33. The van der Waals surface area contributed by atoms with Gasteiger partial charge in [0.1, 0.15) is 5.82 Å². The molecule has 1 saturated carbocycles. The fourth-order valence-electron chi connectivity index (χ4n) is 2.70. The number of aromatic nitrogens is 2. The monoisotopic (exact) mass is 233 g/mol. The van der Waals surface area contributed by atoms with Gasteiger partial charge in [0.05, 0.1) is 0 Å². The Morgan fingerprint density at radius 2 is 1.82 bits per heavy atom. The predicted octanol–water partition coefficient (Wildman–Crippen LogP) is 2.88. The maximum absolute atomic E-state index is 4.52. The molecule has 0 unspecified atom stereocenters. The van der Waals surface area contributed by atoms with E-state index >= 15 is 0 Å². The molecule has 2 rings (SSSR count). The summed E-state index contributed by atoms with van der Waals surface area (Å²) >= 11 is 0. The summed E-state index contributed by atoms with van der Waals surface area (Å²) in [4.78, 5) is 9.04. The third-order valence-electron chi connectivity index (χ3n) is 3.90. The fourth-order valence-corrected chi connectivity index (χ4v) is 2.70. The first-order valence-corrected chi connectivity index (χ1v) is 6.79. The van der Waals surface area contributed by atoms with Crippen LogP contribution in [0.4, 0.5) is 0 Å². The lowest BCUT2D eigenvalue weighted by atomic mass is 9.80. The Labute approximate surface area is 104 Å². The Morgan fingerprint density at radius 1 is 1.18 bits per heavy atom. The van der Waals surface area contributed by atoms with Crippen LogP contribution in [0.5, 0.6) is 0 Å². The molecule has 1 N–H and O–H groups in total. The van der Waals surface area contributed by atoms with Gasteiger partial charge in [-0.1, -0.05) is 13.3 Å². The van der Waals surface area contributed by atoms with Crippen LogP contribution in [0.1, 0.15) is 56.3 Å². The van der Waals surface area contributed by atoms with Crippen LogP contribution in [0.15, 0.2) is 12.4 Å². The summed E-state index contributed by atoms with van der Waals surface area (Å²) in [6.45, 7) is 3.15. The fraction of sp³-hybridized carbons (Fsp3) is 0.714. The first-order valence-electron chi connectivity index (χ1n) is 6.79. The van der Waals surface area contributed by atoms with Crippen LogP contribution in [-0.2, 0) is 6.54 Å². The highest BCUT2D eigenvalue weighted by molar-refractivity contribution is 5.07. The van der Waals surface area contributed by atoms with E-state index in [9.17, 15) is 0 Å². The maximum Gasteiger partial charge on any atom is 0.131 e. The van der Waals surface area contributed by atoms with Crippen molar-refractivity contribution >= 4 is 0 Å². The molecule has 0 saturated heterocycles. The minimum atomic E-state index is 0.599. The molecule has 1 heterocycles. The van der Waals surface area contributed by atoms with Crippen molar-refractivity contribution in [2.45, 2.75) is 51.5 Å². The van der Waals surface area contributed by atoms with Gasteiger partial charge in [0.2, 0.25) is 0 Å². The molecule has 0 amide bonds. The predicted molar refractivity (Wildman–Crippen MR) is 69.8 cm³/mol. The van der Waals surface area contributed by atoms with Gasteiger partial charge in [0.25, 0.3) is 0 Å². The van der Waals surface area contributed by atoms with Crippen LogP contribution in [0.3, 0.4) is 0 Å². The molecule has 0 radical (unpaired) electrons. The summed E-state index contributed by atoms with van der Waals surface area (Å²) in [7, 11) is 1.94. The average molecular weight is 233 g/mol. The molecule has 94 valence electrons. The molecule has 1 aliphatic rings. The van der Waals surface area contributed by atoms with E-state index in [1.807, 2.05) is 19.4 Å². The van der Waals surface area contributed by atoms with Crippen LogP contribution < -0.4 is 5.32 Å². The van der Waals surface area contributed by atoms with Crippen molar-refractivity contribution in [1.82, 2.24) is 15.3 Å². The standard InChI is InChI=1S/C14H23N3/c1-3-11-4-6-13(7-5-11)14-16-9-12(8-15-2)10-17-14/h9-11,13,15H,3-8H2,1-2H3. The normalized spacial score (nSPS) is 24.8. The molecule has 0 bridgehead atoms. The third kappa shape index (κ3) is 3.25. The van der Waals surface area contributed by atoms with E-state index < -0.39 is 0 Å². The first kappa shape index (κ1) is 12.5. The number of hydrogen-bond donors (Lipinski definition) is 1. The molecule has 17 heavy (non-hydrogen) atoms. The van der Waals surface area contributed by atoms with Gasteiger partial charge in [-0.3, -0.25) is 0 Å². The second kappa shape index (κ2) is 6.10. The van der Waals surface area contributed by atoms with Crippen LogP contribution in [0.25, 0.3) is 0 Å². The van der Waals surface area contributed by atoms with Gasteiger partial charge >= 0.3 is 0 Å². The smallest absolute Gasteiger partial charge is 0.131 e. The molecule has 3 nitrogen and oxygen atoms in total. The zero-order valence-electron chi connectivity index (χ0n) is 10.9. The van der Waals surface area contributed by atoms with Crippen LogP contribution in [0, 0.1) is 5.92 Å². The van der Waals surface area contributed by atoms with Gasteiger partial charge in [-0.25, -0.2) is 9.97 Å². The largest absolute Gasteiger partial charge is 0.316 e. The lowest BCUT2D eigenvalue weighted by Crippen LogP contribution is -2.15. The number of nitrogens with zero attached hydrogens (tertiary/aromatic N) is 2. The molecule has 3 heteroatoms. The maximum atomic E-state index is 4.52. The molecule has 1 fully saturated rings. The Hall–Kier alpha value is -0.960. The summed E-state index contributed by atoms with van der Waals surface area (Å²) in [5, 5.41) is 3.12. The number of nitrogens with one attached hydrogen (secondary N) is 1. The zero-order chi connectivity index (χ0) is 12.1. The Bertz CT molecular complexity index is 326. The van der Waals surface area contributed by atoms with Gasteiger partial charge in [-0.05, 0) is 38.6 Å². The molecule has 0 atom stereocenters. The molecule has 1 aromatic rings. The van der Waals surface area contributed by atoms with E-state index in [4.69, 9.17) is 0 Å². The van der Waals surface area contributed by atoms with Gasteiger partial charge in [0.15, 0.2) is 0 Å².